The number of carboxylic acids is 1. The molecule has 1 atom stereocenters. The highest BCUT2D eigenvalue weighted by Crippen LogP contribution is 2.26. The van der Waals surface area contributed by atoms with E-state index in [9.17, 15) is 24.8 Å². The lowest BCUT2D eigenvalue weighted by Crippen LogP contribution is -2.36. The minimum Gasteiger partial charge on any atom is -0.550 e. The number of nitrogens with one attached hydrogen (secondary N) is 1. The highest BCUT2D eigenvalue weighted by atomic mass is 16.6. The lowest BCUT2D eigenvalue weighted by atomic mass is 10.0. The Balaban J connectivity index is 2.09. The predicted octanol–water partition coefficient (Wildman–Crippen LogP) is 0.980. The molecule has 0 unspecified atom stereocenters. The van der Waals surface area contributed by atoms with E-state index in [1.165, 1.54) is 31.4 Å². The summed E-state index contributed by atoms with van der Waals surface area (Å²) in [4.78, 5) is 33.5. The Kier molecular flexibility index (Phi) is 6.70. The minimum atomic E-state index is -1.41. The van der Waals surface area contributed by atoms with Crippen LogP contribution in [0.25, 0.3) is 0 Å². The van der Waals surface area contributed by atoms with Gasteiger partial charge in [0.2, 0.25) is 0 Å². The van der Waals surface area contributed by atoms with Crippen molar-refractivity contribution < 1.29 is 29.1 Å². The predicted molar refractivity (Wildman–Crippen MR) is 92.1 cm³/mol. The zero-order valence-electron chi connectivity index (χ0n) is 14.4. The second kappa shape index (κ2) is 9.18. The van der Waals surface area contributed by atoms with Crippen LogP contribution in [-0.4, -0.2) is 30.5 Å². The molecule has 1 N–H and O–H groups in total. The van der Waals surface area contributed by atoms with Gasteiger partial charge in [0.05, 0.1) is 18.1 Å². The molecule has 0 spiro atoms. The van der Waals surface area contributed by atoms with Gasteiger partial charge in [-0.3, -0.25) is 14.9 Å². The van der Waals surface area contributed by atoms with Gasteiger partial charge < -0.3 is 24.7 Å². The van der Waals surface area contributed by atoms with E-state index in [0.717, 1.165) is 0 Å². The van der Waals surface area contributed by atoms with E-state index in [4.69, 9.17) is 9.47 Å². The van der Waals surface area contributed by atoms with E-state index in [2.05, 4.69) is 5.32 Å². The molecule has 0 saturated heterocycles. The Morgan fingerprint density at radius 2 is 1.85 bits per heavy atom. The van der Waals surface area contributed by atoms with Crippen LogP contribution in [0.3, 0.4) is 0 Å². The molecule has 0 saturated carbocycles. The molecule has 1 amide bonds. The van der Waals surface area contributed by atoms with Gasteiger partial charge in [-0.25, -0.2) is 0 Å². The average Bonchev–Trinajstić information content (AvgIpc) is 2.65. The maximum atomic E-state index is 12.2. The van der Waals surface area contributed by atoms with Gasteiger partial charge in [-0.1, -0.05) is 24.3 Å². The van der Waals surface area contributed by atoms with Crippen LogP contribution in [0.4, 0.5) is 5.69 Å². The van der Waals surface area contributed by atoms with E-state index in [1.807, 2.05) is 0 Å². The fourth-order valence-corrected chi connectivity index (χ4v) is 2.39. The standard InChI is InChI=1S/C18H18N2O7/c1-26-15-7-2-3-8-16(15)27-11-17(21)19-14(10-18(22)23)12-5-4-6-13(9-12)20(24)25/h2-9,14H,10-11H2,1H3,(H,19,21)(H,22,23)/p-1/t14-/m1/s1. The van der Waals surface area contributed by atoms with Crippen LogP contribution in [0.15, 0.2) is 48.5 Å². The van der Waals surface area contributed by atoms with Crippen molar-refractivity contribution in [1.29, 1.82) is 0 Å². The number of methoxy groups -OCH3 is 1. The van der Waals surface area contributed by atoms with Gasteiger partial charge in [0.25, 0.3) is 11.6 Å². The zero-order chi connectivity index (χ0) is 19.8. The first-order chi connectivity index (χ1) is 12.9. The van der Waals surface area contributed by atoms with Crippen LogP contribution in [0.2, 0.25) is 0 Å². The third kappa shape index (κ3) is 5.70. The second-order valence-electron chi connectivity index (χ2n) is 5.49. The molecule has 0 aliphatic carbocycles. The molecule has 0 aromatic heterocycles. The van der Waals surface area contributed by atoms with Crippen molar-refractivity contribution in [2.24, 2.45) is 0 Å². The van der Waals surface area contributed by atoms with Crippen molar-refractivity contribution in [2.75, 3.05) is 13.7 Å². The Bertz CT molecular complexity index is 838. The summed E-state index contributed by atoms with van der Waals surface area (Å²) >= 11 is 0. The smallest absolute Gasteiger partial charge is 0.269 e. The average molecular weight is 373 g/mol. The van der Waals surface area contributed by atoms with Gasteiger partial charge in [0, 0.05) is 24.5 Å². The number of amides is 1. The molecule has 9 nitrogen and oxygen atoms in total. The first-order valence-electron chi connectivity index (χ1n) is 7.90. The number of nitro groups is 1. The molecule has 27 heavy (non-hydrogen) atoms. The third-order valence-electron chi connectivity index (χ3n) is 3.62. The Hall–Kier alpha value is -3.62. The summed E-state index contributed by atoms with van der Waals surface area (Å²) in [5.41, 5.74) is 0.0643. The molecule has 0 aliphatic rings. The van der Waals surface area contributed by atoms with Crippen molar-refractivity contribution in [3.05, 3.63) is 64.2 Å². The molecule has 2 aromatic carbocycles. The molecule has 9 heteroatoms. The van der Waals surface area contributed by atoms with Gasteiger partial charge in [0.1, 0.15) is 0 Å². The van der Waals surface area contributed by atoms with E-state index in [0.29, 0.717) is 11.5 Å². The summed E-state index contributed by atoms with van der Waals surface area (Å²) in [7, 11) is 1.46. The van der Waals surface area contributed by atoms with Crippen LogP contribution >= 0.6 is 0 Å². The fraction of sp³-hybridized carbons (Fsp3) is 0.222. The summed E-state index contributed by atoms with van der Waals surface area (Å²) in [6.45, 7) is -0.390. The zero-order valence-corrected chi connectivity index (χ0v) is 14.4. The maximum absolute atomic E-state index is 12.2. The Morgan fingerprint density at radius 3 is 2.48 bits per heavy atom. The number of nitro benzene ring substituents is 1. The highest BCUT2D eigenvalue weighted by Gasteiger charge is 2.18. The molecule has 2 rings (SSSR count). The number of non-ortho nitro benzene ring substituents is 1. The molecule has 0 fully saturated rings. The number of carboxylic acid groups (broad SMARTS) is 1. The van der Waals surface area contributed by atoms with Gasteiger partial charge in [-0.2, -0.15) is 0 Å². The summed E-state index contributed by atoms with van der Waals surface area (Å²) in [5.74, 6) is -1.21. The first-order valence-corrected chi connectivity index (χ1v) is 7.90. The summed E-state index contributed by atoms with van der Waals surface area (Å²) < 4.78 is 10.5. The van der Waals surface area contributed by atoms with Crippen LogP contribution in [0.1, 0.15) is 18.0 Å². The molecule has 142 valence electrons. The van der Waals surface area contributed by atoms with Crippen molar-refractivity contribution in [3.63, 3.8) is 0 Å². The number of hydrogen-bond donors (Lipinski definition) is 1. The number of carbonyl (C=O) groups excluding carboxylic acids is 2. The van der Waals surface area contributed by atoms with Crippen LogP contribution in [0, 0.1) is 10.1 Å². The molecule has 0 aliphatic heterocycles. The number of carbonyl (C=O) groups is 2. The van der Waals surface area contributed by atoms with Crippen LogP contribution < -0.4 is 19.9 Å². The second-order valence-corrected chi connectivity index (χ2v) is 5.49. The van der Waals surface area contributed by atoms with Gasteiger partial charge >= 0.3 is 0 Å². The number of hydrogen-bond acceptors (Lipinski definition) is 7. The highest BCUT2D eigenvalue weighted by molar-refractivity contribution is 5.79. The quantitative estimate of drug-likeness (QED) is 0.512. The Labute approximate surface area is 154 Å². The van der Waals surface area contributed by atoms with E-state index >= 15 is 0 Å². The van der Waals surface area contributed by atoms with Gasteiger partial charge in [-0.05, 0) is 17.7 Å². The topological polar surface area (TPSA) is 131 Å². The maximum Gasteiger partial charge on any atom is 0.269 e. The normalized spacial score (nSPS) is 11.3. The molecule has 0 heterocycles. The summed E-state index contributed by atoms with van der Waals surface area (Å²) in [6.07, 6.45) is -0.540. The third-order valence-corrected chi connectivity index (χ3v) is 3.62. The van der Waals surface area contributed by atoms with Crippen LogP contribution in [-0.2, 0) is 9.59 Å². The van der Waals surface area contributed by atoms with Gasteiger partial charge in [0.15, 0.2) is 18.1 Å². The van der Waals surface area contributed by atoms with Crippen molar-refractivity contribution in [2.45, 2.75) is 12.5 Å². The van der Waals surface area contributed by atoms with E-state index in [1.54, 1.807) is 24.3 Å². The van der Waals surface area contributed by atoms with Crippen molar-refractivity contribution in [3.8, 4) is 11.5 Å². The molecule has 0 bridgehead atoms. The molecule has 0 radical (unpaired) electrons. The Morgan fingerprint density at radius 1 is 1.15 bits per heavy atom. The number of aliphatic carboxylic acids is 1. The fourth-order valence-electron chi connectivity index (χ4n) is 2.39. The van der Waals surface area contributed by atoms with Crippen LogP contribution in [0.5, 0.6) is 11.5 Å². The minimum absolute atomic E-state index is 0.213. The molecule has 2 aromatic rings. The SMILES string of the molecule is COc1ccccc1OCC(=O)N[C@H](CC(=O)[O-])c1cccc([N+](=O)[O-])c1. The van der Waals surface area contributed by atoms with Crippen molar-refractivity contribution in [1.82, 2.24) is 5.32 Å². The van der Waals surface area contributed by atoms with Crippen molar-refractivity contribution >= 4 is 17.6 Å². The lowest BCUT2D eigenvalue weighted by Gasteiger charge is -2.20. The van der Waals surface area contributed by atoms with Gasteiger partial charge in [-0.15, -0.1) is 0 Å². The number of rotatable bonds is 9. The van der Waals surface area contributed by atoms with E-state index in [-0.39, 0.29) is 11.3 Å². The lowest BCUT2D eigenvalue weighted by molar-refractivity contribution is -0.385. The largest absolute Gasteiger partial charge is 0.550 e. The molecular formula is C18H17N2O7-. The number of para-hydroxylation sites is 2. The first kappa shape index (κ1) is 19.7. The monoisotopic (exact) mass is 373 g/mol. The summed E-state index contributed by atoms with van der Waals surface area (Å²) in [6, 6.07) is 11.1. The van der Waals surface area contributed by atoms with E-state index < -0.39 is 35.9 Å². The summed E-state index contributed by atoms with van der Waals surface area (Å²) in [5, 5.41) is 24.4. The number of benzene rings is 2. The number of ether oxygens (including phenoxy) is 2. The number of nitrogens with zero attached hydrogens (tertiary/aromatic N) is 1. The molecular weight excluding hydrogens is 356 g/mol.